The molecule has 292 valence electrons. The molecule has 3 heterocycles. The summed E-state index contributed by atoms with van der Waals surface area (Å²) in [5.74, 6) is 1.46. The van der Waals surface area contributed by atoms with Crippen LogP contribution in [-0.2, 0) is 5.41 Å². The van der Waals surface area contributed by atoms with Crippen molar-refractivity contribution in [3.8, 4) is 28.2 Å². The maximum absolute atomic E-state index is 5.87. The molecule has 0 saturated heterocycles. The number of hydrogen-bond donors (Lipinski definition) is 0. The number of aromatic nitrogens is 3. The van der Waals surface area contributed by atoms with Crippen LogP contribution in [0.2, 0.25) is 0 Å². The Balaban J connectivity index is 1.19. The Morgan fingerprint density at radius 2 is 1.10 bits per heavy atom. The normalized spacial score (nSPS) is 13.1. The van der Waals surface area contributed by atoms with E-state index in [0.29, 0.717) is 5.95 Å². The molecule has 0 fully saturated rings. The van der Waals surface area contributed by atoms with Gasteiger partial charge in [0, 0.05) is 48.2 Å². The summed E-state index contributed by atoms with van der Waals surface area (Å²) in [7, 11) is 0. The van der Waals surface area contributed by atoms with Gasteiger partial charge >= 0.3 is 0 Å². The fourth-order valence-corrected chi connectivity index (χ4v) is 11.7. The van der Waals surface area contributed by atoms with Crippen LogP contribution in [-0.4, -0.2) is 14.5 Å². The second-order valence-corrected chi connectivity index (χ2v) is 17.9. The average Bonchev–Trinajstić information content (AvgIpc) is 3.96. The van der Waals surface area contributed by atoms with Crippen LogP contribution in [0.5, 0.6) is 0 Å². The van der Waals surface area contributed by atoms with Crippen molar-refractivity contribution in [3.63, 3.8) is 0 Å². The highest BCUT2D eigenvalue weighted by Crippen LogP contribution is 2.55. The first kappa shape index (κ1) is 35.2. The van der Waals surface area contributed by atoms with E-state index in [4.69, 9.17) is 9.97 Å². The van der Waals surface area contributed by atoms with Crippen molar-refractivity contribution in [3.05, 3.63) is 205 Å². The quantitative estimate of drug-likeness (QED) is 0.174. The first-order chi connectivity index (χ1) is 30.6. The number of anilines is 3. The molecule has 3 aromatic heterocycles. The Morgan fingerprint density at radius 3 is 1.94 bits per heavy atom. The molecule has 9 aromatic carbocycles. The highest BCUT2D eigenvalue weighted by Gasteiger charge is 2.38. The molecular weight excluding hydrogens is 773 g/mol. The van der Waals surface area contributed by atoms with Gasteiger partial charge in [-0.2, -0.15) is 4.98 Å². The standard InChI is InChI=1S/C57H38N4S/c1-57(2)43-28-13-8-24-39(43)52-44(57)29-18-33-48(52)60(46-31-15-10-21-36(46)35-19-4-3-5-20-35)55-40-25-9-14-30-45(40)58-56(59-55)61-47-32-16-11-26-41(47)50-37-22-6-7-23-38(37)51-42-27-12-17-34-49(42)62-54(51)53(50)61/h3-34H,1-2H3. The number of nitrogens with zero attached hydrogens (tertiary/aromatic N) is 4. The Kier molecular flexibility index (Phi) is 7.49. The largest absolute Gasteiger partial charge is 0.293 e. The smallest absolute Gasteiger partial charge is 0.237 e. The molecule has 13 rings (SSSR count). The van der Waals surface area contributed by atoms with Gasteiger partial charge in [0.15, 0.2) is 5.82 Å². The van der Waals surface area contributed by atoms with E-state index in [1.807, 2.05) is 11.3 Å². The fraction of sp³-hybridized carbons (Fsp3) is 0.0526. The lowest BCUT2D eigenvalue weighted by Gasteiger charge is -2.30. The van der Waals surface area contributed by atoms with Gasteiger partial charge in [-0.25, -0.2) is 4.98 Å². The van der Waals surface area contributed by atoms with Crippen molar-refractivity contribution in [1.29, 1.82) is 0 Å². The minimum atomic E-state index is -0.188. The van der Waals surface area contributed by atoms with Crippen molar-refractivity contribution in [2.45, 2.75) is 19.3 Å². The van der Waals surface area contributed by atoms with Gasteiger partial charge < -0.3 is 0 Å². The molecular formula is C57H38N4S. The maximum atomic E-state index is 5.87. The Hall–Kier alpha value is -7.60. The number of para-hydroxylation sites is 3. The SMILES string of the molecule is CC1(C)c2ccccc2-c2c(N(c3ccccc3-c3ccccc3)c3nc(-n4c5ccccc5c5c6ccccc6c6c7ccccc7sc6c54)nc4ccccc34)cccc21. The fourth-order valence-electron chi connectivity index (χ4n) is 10.5. The van der Waals surface area contributed by atoms with Gasteiger partial charge in [0.2, 0.25) is 5.95 Å². The van der Waals surface area contributed by atoms with E-state index >= 15 is 0 Å². The van der Waals surface area contributed by atoms with Crippen LogP contribution in [0, 0.1) is 0 Å². The van der Waals surface area contributed by atoms with Gasteiger partial charge in [0.25, 0.3) is 0 Å². The van der Waals surface area contributed by atoms with Crippen molar-refractivity contribution < 1.29 is 0 Å². The van der Waals surface area contributed by atoms with Crippen molar-refractivity contribution in [1.82, 2.24) is 14.5 Å². The summed E-state index contributed by atoms with van der Waals surface area (Å²) in [5.41, 5.74) is 12.4. The number of thiophene rings is 1. The van der Waals surface area contributed by atoms with Crippen LogP contribution in [0.25, 0.3) is 91.9 Å². The lowest BCUT2D eigenvalue weighted by Crippen LogP contribution is -2.18. The molecule has 0 radical (unpaired) electrons. The van der Waals surface area contributed by atoms with Crippen molar-refractivity contribution >= 4 is 92.2 Å². The molecule has 0 unspecified atom stereocenters. The third kappa shape index (κ3) is 4.88. The van der Waals surface area contributed by atoms with E-state index in [1.54, 1.807) is 0 Å². The Labute approximate surface area is 362 Å². The second-order valence-electron chi connectivity index (χ2n) is 16.9. The van der Waals surface area contributed by atoms with E-state index in [1.165, 1.54) is 64.0 Å². The molecule has 0 amide bonds. The van der Waals surface area contributed by atoms with Crippen molar-refractivity contribution in [2.24, 2.45) is 0 Å². The van der Waals surface area contributed by atoms with Crippen LogP contribution in [0.3, 0.4) is 0 Å². The Morgan fingerprint density at radius 1 is 0.484 bits per heavy atom. The summed E-state index contributed by atoms with van der Waals surface area (Å²) < 4.78 is 4.85. The number of benzene rings is 9. The zero-order chi connectivity index (χ0) is 41.1. The number of rotatable bonds is 5. The van der Waals surface area contributed by atoms with Gasteiger partial charge in [-0.1, -0.05) is 172 Å². The zero-order valence-electron chi connectivity index (χ0n) is 34.2. The molecule has 0 saturated carbocycles. The average molecular weight is 811 g/mol. The monoisotopic (exact) mass is 810 g/mol. The summed E-state index contributed by atoms with van der Waals surface area (Å²) >= 11 is 1.86. The molecule has 0 aliphatic heterocycles. The predicted octanol–water partition coefficient (Wildman–Crippen LogP) is 15.7. The number of hydrogen-bond acceptors (Lipinski definition) is 4. The molecule has 0 atom stereocenters. The van der Waals surface area contributed by atoms with Gasteiger partial charge in [-0.05, 0) is 69.4 Å². The maximum Gasteiger partial charge on any atom is 0.237 e. The highest BCUT2D eigenvalue weighted by molar-refractivity contribution is 7.27. The predicted molar refractivity (Wildman–Crippen MR) is 262 cm³/mol. The lowest BCUT2D eigenvalue weighted by atomic mass is 9.82. The third-order valence-electron chi connectivity index (χ3n) is 13.2. The number of fused-ring (bicyclic) bond motifs is 14. The molecule has 0 spiro atoms. The van der Waals surface area contributed by atoms with Gasteiger partial charge in [0.1, 0.15) is 0 Å². The zero-order valence-corrected chi connectivity index (χ0v) is 35.0. The van der Waals surface area contributed by atoms with Gasteiger partial charge in [0.05, 0.1) is 32.6 Å². The van der Waals surface area contributed by atoms with Crippen LogP contribution in [0.15, 0.2) is 194 Å². The first-order valence-corrected chi connectivity index (χ1v) is 22.1. The molecule has 62 heavy (non-hydrogen) atoms. The van der Waals surface area contributed by atoms with E-state index in [9.17, 15) is 0 Å². The molecule has 12 aromatic rings. The van der Waals surface area contributed by atoms with Crippen LogP contribution in [0.1, 0.15) is 25.0 Å². The van der Waals surface area contributed by atoms with E-state index < -0.39 is 0 Å². The third-order valence-corrected chi connectivity index (χ3v) is 14.4. The van der Waals surface area contributed by atoms with Crippen molar-refractivity contribution in [2.75, 3.05) is 4.90 Å². The molecule has 5 heteroatoms. The van der Waals surface area contributed by atoms with Gasteiger partial charge in [-0.3, -0.25) is 9.47 Å². The molecule has 4 nitrogen and oxygen atoms in total. The van der Waals surface area contributed by atoms with E-state index in [-0.39, 0.29) is 5.41 Å². The molecule has 0 N–H and O–H groups in total. The topological polar surface area (TPSA) is 34.0 Å². The molecule has 1 aliphatic rings. The molecule has 0 bridgehead atoms. The highest BCUT2D eigenvalue weighted by atomic mass is 32.1. The summed E-state index contributed by atoms with van der Waals surface area (Å²) in [6.07, 6.45) is 0. The van der Waals surface area contributed by atoms with Crippen LogP contribution >= 0.6 is 11.3 Å². The summed E-state index contributed by atoms with van der Waals surface area (Å²) in [5, 5.41) is 8.42. The minimum absolute atomic E-state index is 0.188. The van der Waals surface area contributed by atoms with E-state index in [0.717, 1.165) is 50.3 Å². The summed E-state index contributed by atoms with van der Waals surface area (Å²) in [6.45, 7) is 4.70. The molecule has 1 aliphatic carbocycles. The summed E-state index contributed by atoms with van der Waals surface area (Å²) in [6, 6.07) is 70.2. The van der Waals surface area contributed by atoms with Crippen LogP contribution in [0.4, 0.5) is 17.2 Å². The van der Waals surface area contributed by atoms with E-state index in [2.05, 4.69) is 217 Å². The lowest BCUT2D eigenvalue weighted by molar-refractivity contribution is 0.660. The Bertz CT molecular complexity index is 3800. The minimum Gasteiger partial charge on any atom is -0.293 e. The van der Waals surface area contributed by atoms with Gasteiger partial charge in [-0.15, -0.1) is 11.3 Å². The second kappa shape index (κ2) is 13.2. The van der Waals surface area contributed by atoms with Crippen LogP contribution < -0.4 is 4.90 Å². The summed E-state index contributed by atoms with van der Waals surface area (Å²) in [4.78, 5) is 13.8. The first-order valence-electron chi connectivity index (χ1n) is 21.3.